The van der Waals surface area contributed by atoms with Crippen LogP contribution in [0, 0.1) is 10.1 Å². The van der Waals surface area contributed by atoms with Crippen LogP contribution in [0.1, 0.15) is 0 Å². The Morgan fingerprint density at radius 3 is 2.67 bits per heavy atom. The molecule has 18 heavy (non-hydrogen) atoms. The first-order valence-corrected chi connectivity index (χ1v) is 5.51. The third-order valence-electron chi connectivity index (χ3n) is 2.72. The van der Waals surface area contributed by atoms with Crippen molar-refractivity contribution < 1.29 is 9.66 Å². The molecule has 0 aliphatic rings. The quantitative estimate of drug-likeness (QED) is 0.465. The molecule has 0 saturated carbocycles. The molecule has 0 bridgehead atoms. The summed E-state index contributed by atoms with van der Waals surface area (Å²) in [7, 11) is 3.56. The third kappa shape index (κ3) is 2.35. The second-order valence-electron chi connectivity index (χ2n) is 4.01. The van der Waals surface area contributed by atoms with Crippen molar-refractivity contribution >= 4 is 19.0 Å². The first-order chi connectivity index (χ1) is 8.61. The number of hydrogen-bond acceptors (Lipinski definition) is 3. The van der Waals surface area contributed by atoms with Crippen LogP contribution in [0.5, 0.6) is 5.75 Å². The summed E-state index contributed by atoms with van der Waals surface area (Å²) in [6.45, 7) is 0. The highest BCUT2D eigenvalue weighted by Crippen LogP contribution is 2.30. The van der Waals surface area contributed by atoms with Crippen molar-refractivity contribution in [3.63, 3.8) is 0 Å². The minimum absolute atomic E-state index is 0.0797. The van der Waals surface area contributed by atoms with Gasteiger partial charge in [-0.3, -0.25) is 10.1 Å². The number of nitro benzene ring substituents is 1. The van der Waals surface area contributed by atoms with Crippen molar-refractivity contribution in [3.8, 4) is 16.9 Å². The lowest BCUT2D eigenvalue weighted by atomic mass is 9.91. The maximum absolute atomic E-state index is 10.8. The number of nitro groups is 1. The normalized spacial score (nSPS) is 10.1. The van der Waals surface area contributed by atoms with Gasteiger partial charge in [0.1, 0.15) is 13.6 Å². The van der Waals surface area contributed by atoms with Crippen molar-refractivity contribution in [2.45, 2.75) is 0 Å². The van der Waals surface area contributed by atoms with E-state index >= 15 is 0 Å². The molecule has 0 spiro atoms. The lowest BCUT2D eigenvalue weighted by Crippen LogP contribution is -2.02. The molecule has 0 amide bonds. The Balaban J connectivity index is 2.57. The Morgan fingerprint density at radius 2 is 2.00 bits per heavy atom. The molecule has 0 aliphatic carbocycles. The van der Waals surface area contributed by atoms with Gasteiger partial charge in [0.25, 0.3) is 5.69 Å². The minimum atomic E-state index is -0.397. The molecule has 0 atom stereocenters. The van der Waals surface area contributed by atoms with Crippen LogP contribution in [-0.2, 0) is 0 Å². The average Bonchev–Trinajstić information content (AvgIpc) is 2.39. The Morgan fingerprint density at radius 1 is 1.22 bits per heavy atom. The SMILES string of the molecule is Bc1ccc(OC)c(-c2cccc([N+](=O)[O-])c2)c1. The monoisotopic (exact) mass is 241 g/mol. The molecule has 5 heteroatoms. The van der Waals surface area contributed by atoms with E-state index in [1.165, 1.54) is 6.07 Å². The molecule has 2 aromatic carbocycles. The van der Waals surface area contributed by atoms with Gasteiger partial charge in [0.2, 0.25) is 0 Å². The lowest BCUT2D eigenvalue weighted by molar-refractivity contribution is -0.384. The fraction of sp³-hybridized carbons (Fsp3) is 0.0769. The van der Waals surface area contributed by atoms with Crippen LogP contribution in [0.15, 0.2) is 42.5 Å². The molecule has 0 fully saturated rings. The summed E-state index contributed by atoms with van der Waals surface area (Å²) in [5.41, 5.74) is 2.80. The van der Waals surface area contributed by atoms with E-state index in [1.807, 2.05) is 32.1 Å². The highest BCUT2D eigenvalue weighted by Gasteiger charge is 2.10. The second kappa shape index (κ2) is 4.92. The summed E-state index contributed by atoms with van der Waals surface area (Å²) in [6, 6.07) is 12.3. The second-order valence-corrected chi connectivity index (χ2v) is 4.01. The van der Waals surface area contributed by atoms with Gasteiger partial charge in [-0.1, -0.05) is 29.7 Å². The molecule has 90 valence electrons. The van der Waals surface area contributed by atoms with E-state index in [1.54, 1.807) is 19.2 Å². The third-order valence-corrected chi connectivity index (χ3v) is 2.72. The first-order valence-electron chi connectivity index (χ1n) is 5.51. The van der Waals surface area contributed by atoms with Gasteiger partial charge in [-0.05, 0) is 11.6 Å². The van der Waals surface area contributed by atoms with Crippen LogP contribution < -0.4 is 10.2 Å². The van der Waals surface area contributed by atoms with E-state index < -0.39 is 4.92 Å². The van der Waals surface area contributed by atoms with Crippen LogP contribution >= 0.6 is 0 Å². The van der Waals surface area contributed by atoms with Crippen LogP contribution in [-0.4, -0.2) is 19.9 Å². The van der Waals surface area contributed by atoms with Crippen molar-refractivity contribution in [2.75, 3.05) is 7.11 Å². The molecule has 0 N–H and O–H groups in total. The maximum Gasteiger partial charge on any atom is 0.270 e. The van der Waals surface area contributed by atoms with E-state index in [0.717, 1.165) is 16.6 Å². The van der Waals surface area contributed by atoms with Gasteiger partial charge in [-0.25, -0.2) is 0 Å². The van der Waals surface area contributed by atoms with E-state index in [0.29, 0.717) is 5.75 Å². The van der Waals surface area contributed by atoms with Crippen molar-refractivity contribution in [3.05, 3.63) is 52.6 Å². The lowest BCUT2D eigenvalue weighted by Gasteiger charge is -2.09. The molecule has 0 saturated heterocycles. The molecule has 2 aromatic rings. The minimum Gasteiger partial charge on any atom is -0.496 e. The highest BCUT2D eigenvalue weighted by atomic mass is 16.6. The van der Waals surface area contributed by atoms with E-state index in [9.17, 15) is 10.1 Å². The number of nitrogens with zero attached hydrogens (tertiary/aromatic N) is 1. The number of rotatable bonds is 3. The van der Waals surface area contributed by atoms with Gasteiger partial charge in [-0.2, -0.15) is 0 Å². The number of non-ortho nitro benzene ring substituents is 1. The van der Waals surface area contributed by atoms with Gasteiger partial charge < -0.3 is 4.74 Å². The van der Waals surface area contributed by atoms with Gasteiger partial charge in [0, 0.05) is 17.7 Å². The average molecular weight is 241 g/mol. The Labute approximate surface area is 106 Å². The topological polar surface area (TPSA) is 52.4 Å². The first kappa shape index (κ1) is 12.2. The highest BCUT2D eigenvalue weighted by molar-refractivity contribution is 6.32. The Bertz CT molecular complexity index is 599. The molecule has 2 rings (SSSR count). The number of methoxy groups -OCH3 is 1. The van der Waals surface area contributed by atoms with Gasteiger partial charge in [-0.15, -0.1) is 0 Å². The van der Waals surface area contributed by atoms with Crippen molar-refractivity contribution in [2.24, 2.45) is 0 Å². The zero-order valence-electron chi connectivity index (χ0n) is 10.2. The number of ether oxygens (including phenoxy) is 1. The maximum atomic E-state index is 10.8. The zero-order valence-corrected chi connectivity index (χ0v) is 10.2. The fourth-order valence-corrected chi connectivity index (χ4v) is 1.83. The smallest absolute Gasteiger partial charge is 0.270 e. The summed E-state index contributed by atoms with van der Waals surface area (Å²) in [5, 5.41) is 10.8. The summed E-state index contributed by atoms with van der Waals surface area (Å²) < 4.78 is 5.29. The number of hydrogen-bond donors (Lipinski definition) is 0. The predicted octanol–water partition coefficient (Wildman–Crippen LogP) is 1.53. The van der Waals surface area contributed by atoms with Gasteiger partial charge in [0.05, 0.1) is 12.0 Å². The predicted molar refractivity (Wildman–Crippen MR) is 73.3 cm³/mol. The van der Waals surface area contributed by atoms with Crippen LogP contribution in [0.25, 0.3) is 11.1 Å². The molecule has 4 nitrogen and oxygen atoms in total. The molecule has 0 radical (unpaired) electrons. The van der Waals surface area contributed by atoms with Gasteiger partial charge >= 0.3 is 0 Å². The molecule has 0 unspecified atom stereocenters. The van der Waals surface area contributed by atoms with E-state index in [-0.39, 0.29) is 5.69 Å². The zero-order chi connectivity index (χ0) is 13.1. The molecular weight excluding hydrogens is 229 g/mol. The largest absolute Gasteiger partial charge is 0.496 e. The van der Waals surface area contributed by atoms with Gasteiger partial charge in [0.15, 0.2) is 0 Å². The molecule has 0 aliphatic heterocycles. The molecular formula is C13H12BNO3. The van der Waals surface area contributed by atoms with E-state index in [2.05, 4.69) is 0 Å². The summed E-state index contributed by atoms with van der Waals surface area (Å²) in [6.07, 6.45) is 0. The van der Waals surface area contributed by atoms with Crippen LogP contribution in [0.4, 0.5) is 5.69 Å². The Hall–Kier alpha value is -2.30. The summed E-state index contributed by atoms with van der Waals surface area (Å²) in [4.78, 5) is 10.4. The molecule has 0 aromatic heterocycles. The Kier molecular flexibility index (Phi) is 3.32. The standard InChI is InChI=1S/C13H12BNO3/c1-18-13-6-5-10(14)8-12(13)9-3-2-4-11(7-9)15(16)17/h2-8H,14H2,1H3. The van der Waals surface area contributed by atoms with E-state index in [4.69, 9.17) is 4.74 Å². The molecule has 0 heterocycles. The van der Waals surface area contributed by atoms with Crippen molar-refractivity contribution in [1.29, 1.82) is 0 Å². The number of benzene rings is 2. The van der Waals surface area contributed by atoms with Crippen molar-refractivity contribution in [1.82, 2.24) is 0 Å². The summed E-state index contributed by atoms with van der Waals surface area (Å²) in [5.74, 6) is 0.709. The summed E-state index contributed by atoms with van der Waals surface area (Å²) >= 11 is 0. The van der Waals surface area contributed by atoms with Crippen LogP contribution in [0.3, 0.4) is 0 Å². The van der Waals surface area contributed by atoms with Crippen LogP contribution in [0.2, 0.25) is 0 Å². The fourth-order valence-electron chi connectivity index (χ4n) is 1.83.